The van der Waals surface area contributed by atoms with Gasteiger partial charge in [0.25, 0.3) is 0 Å². The van der Waals surface area contributed by atoms with Crippen LogP contribution < -0.4 is 0 Å². The van der Waals surface area contributed by atoms with Crippen LogP contribution in [0.15, 0.2) is 28.9 Å². The van der Waals surface area contributed by atoms with Crippen molar-refractivity contribution < 1.29 is 19.4 Å². The highest BCUT2D eigenvalue weighted by atomic mass is 16.3. The first kappa shape index (κ1) is 13.1. The Kier molecular flexibility index (Phi) is 3.23. The van der Waals surface area contributed by atoms with E-state index < -0.39 is 12.2 Å². The van der Waals surface area contributed by atoms with Crippen LogP contribution in [0.25, 0.3) is 11.0 Å². The number of amides is 1. The Hall–Kier alpha value is -1.85. The summed E-state index contributed by atoms with van der Waals surface area (Å²) in [5.41, 5.74) is 2.71. The van der Waals surface area contributed by atoms with Crippen LogP contribution >= 0.6 is 0 Å². The van der Waals surface area contributed by atoms with Crippen LogP contribution in [0, 0.1) is 6.92 Å². The molecule has 1 aliphatic rings. The van der Waals surface area contributed by atoms with Crippen LogP contribution in [0.2, 0.25) is 0 Å². The number of furan rings is 1. The fraction of sp³-hybridized carbons (Fsp3) is 0.400. The lowest BCUT2D eigenvalue weighted by Gasteiger charge is -2.14. The van der Waals surface area contributed by atoms with Crippen molar-refractivity contribution >= 4 is 16.9 Å². The van der Waals surface area contributed by atoms with Crippen molar-refractivity contribution in [3.63, 3.8) is 0 Å². The summed E-state index contributed by atoms with van der Waals surface area (Å²) in [4.78, 5) is 13.7. The molecule has 0 saturated carbocycles. The maximum absolute atomic E-state index is 12.2. The van der Waals surface area contributed by atoms with Crippen LogP contribution in [0.1, 0.15) is 11.1 Å². The van der Waals surface area contributed by atoms with Crippen LogP contribution in [-0.4, -0.2) is 46.3 Å². The molecule has 1 aliphatic heterocycles. The first-order valence-corrected chi connectivity index (χ1v) is 6.65. The number of carbonyl (C=O) groups is 1. The van der Waals surface area contributed by atoms with E-state index in [1.807, 2.05) is 25.1 Å². The van der Waals surface area contributed by atoms with Crippen molar-refractivity contribution in [2.24, 2.45) is 0 Å². The van der Waals surface area contributed by atoms with E-state index in [4.69, 9.17) is 4.42 Å². The van der Waals surface area contributed by atoms with Crippen molar-refractivity contribution in [2.75, 3.05) is 13.1 Å². The minimum atomic E-state index is -0.845. The lowest BCUT2D eigenvalue weighted by molar-refractivity contribution is -0.129. The molecule has 1 saturated heterocycles. The Balaban J connectivity index is 1.78. The molecule has 5 nitrogen and oxygen atoms in total. The summed E-state index contributed by atoms with van der Waals surface area (Å²) < 4.78 is 5.47. The molecule has 20 heavy (non-hydrogen) atoms. The van der Waals surface area contributed by atoms with Crippen molar-refractivity contribution in [3.05, 3.63) is 35.6 Å². The standard InChI is InChI=1S/C15H17NO4/c1-9-2-3-11-10(8-20-14(11)4-9)5-15(19)16-6-12(17)13(18)7-16/h2-4,8,12-13,17-18H,5-7H2,1H3. The molecule has 106 valence electrons. The molecular weight excluding hydrogens is 258 g/mol. The zero-order valence-electron chi connectivity index (χ0n) is 11.2. The summed E-state index contributed by atoms with van der Waals surface area (Å²) in [6.45, 7) is 2.36. The third-order valence-corrected chi connectivity index (χ3v) is 3.76. The van der Waals surface area contributed by atoms with E-state index in [9.17, 15) is 15.0 Å². The molecule has 5 heteroatoms. The maximum atomic E-state index is 12.2. The zero-order valence-corrected chi connectivity index (χ0v) is 11.2. The van der Waals surface area contributed by atoms with E-state index in [0.29, 0.717) is 0 Å². The van der Waals surface area contributed by atoms with Crippen molar-refractivity contribution in [1.82, 2.24) is 4.90 Å². The van der Waals surface area contributed by atoms with E-state index in [2.05, 4.69) is 0 Å². The van der Waals surface area contributed by atoms with Crippen molar-refractivity contribution in [1.29, 1.82) is 0 Å². The average Bonchev–Trinajstić information content (AvgIpc) is 2.94. The number of hydrogen-bond acceptors (Lipinski definition) is 4. The Morgan fingerprint density at radius 3 is 2.75 bits per heavy atom. The maximum Gasteiger partial charge on any atom is 0.227 e. The minimum Gasteiger partial charge on any atom is -0.464 e. The molecule has 0 bridgehead atoms. The zero-order chi connectivity index (χ0) is 14.3. The number of carbonyl (C=O) groups excluding carboxylic acids is 1. The summed E-state index contributed by atoms with van der Waals surface area (Å²) in [5.74, 6) is -0.108. The van der Waals surface area contributed by atoms with Gasteiger partial charge < -0.3 is 19.5 Å². The summed E-state index contributed by atoms with van der Waals surface area (Å²) >= 11 is 0. The molecule has 1 aromatic carbocycles. The van der Waals surface area contributed by atoms with Gasteiger partial charge in [-0.15, -0.1) is 0 Å². The quantitative estimate of drug-likeness (QED) is 0.852. The number of β-amino-alcohol motifs (C(OH)–C–C–N with tert-alkyl or cyclic N) is 2. The second-order valence-corrected chi connectivity index (χ2v) is 5.37. The van der Waals surface area contributed by atoms with Gasteiger partial charge in [-0.3, -0.25) is 4.79 Å². The SMILES string of the molecule is Cc1ccc2c(CC(=O)N3CC(O)C(O)C3)coc2c1. The second kappa shape index (κ2) is 4.92. The molecule has 1 aromatic heterocycles. The minimum absolute atomic E-state index is 0.108. The predicted molar refractivity (Wildman–Crippen MR) is 73.2 cm³/mol. The van der Waals surface area contributed by atoms with Gasteiger partial charge in [0.05, 0.1) is 24.9 Å². The van der Waals surface area contributed by atoms with E-state index in [0.717, 1.165) is 22.1 Å². The van der Waals surface area contributed by atoms with Gasteiger partial charge in [0, 0.05) is 24.0 Å². The molecule has 2 aromatic rings. The Morgan fingerprint density at radius 2 is 2.05 bits per heavy atom. The number of aliphatic hydroxyl groups is 2. The van der Waals surface area contributed by atoms with Crippen LogP contribution in [0.4, 0.5) is 0 Å². The molecule has 0 radical (unpaired) electrons. The Bertz CT molecular complexity index is 638. The fourth-order valence-corrected chi connectivity index (χ4v) is 2.58. The fourth-order valence-electron chi connectivity index (χ4n) is 2.58. The van der Waals surface area contributed by atoms with Gasteiger partial charge in [0.2, 0.25) is 5.91 Å². The van der Waals surface area contributed by atoms with Gasteiger partial charge in [-0.05, 0) is 18.6 Å². The monoisotopic (exact) mass is 275 g/mol. The summed E-state index contributed by atoms with van der Waals surface area (Å²) in [5, 5.41) is 19.9. The molecule has 1 amide bonds. The average molecular weight is 275 g/mol. The van der Waals surface area contributed by atoms with Gasteiger partial charge in [-0.1, -0.05) is 12.1 Å². The molecule has 0 spiro atoms. The van der Waals surface area contributed by atoms with Crippen molar-refractivity contribution in [3.8, 4) is 0 Å². The highest BCUT2D eigenvalue weighted by molar-refractivity contribution is 5.88. The van der Waals surface area contributed by atoms with Crippen LogP contribution in [-0.2, 0) is 11.2 Å². The molecule has 1 fully saturated rings. The van der Waals surface area contributed by atoms with Crippen molar-refractivity contribution in [2.45, 2.75) is 25.6 Å². The first-order chi connectivity index (χ1) is 9.54. The number of likely N-dealkylation sites (tertiary alicyclic amines) is 1. The number of aliphatic hydroxyl groups excluding tert-OH is 2. The normalized spacial score (nSPS) is 22.6. The second-order valence-electron chi connectivity index (χ2n) is 5.37. The van der Waals surface area contributed by atoms with E-state index in [1.54, 1.807) is 6.26 Å². The molecule has 0 aliphatic carbocycles. The van der Waals surface area contributed by atoms with Gasteiger partial charge in [-0.25, -0.2) is 0 Å². The smallest absolute Gasteiger partial charge is 0.227 e. The number of nitrogens with zero attached hydrogens (tertiary/aromatic N) is 1. The number of aryl methyl sites for hydroxylation is 1. The Labute approximate surface area is 116 Å². The van der Waals surface area contributed by atoms with Gasteiger partial charge >= 0.3 is 0 Å². The molecule has 3 rings (SSSR count). The number of hydrogen-bond donors (Lipinski definition) is 2. The molecule has 2 heterocycles. The summed E-state index contributed by atoms with van der Waals surface area (Å²) in [7, 11) is 0. The Morgan fingerprint density at radius 1 is 1.35 bits per heavy atom. The molecular formula is C15H17NO4. The highest BCUT2D eigenvalue weighted by Crippen LogP contribution is 2.23. The first-order valence-electron chi connectivity index (χ1n) is 6.65. The van der Waals surface area contributed by atoms with E-state index in [-0.39, 0.29) is 25.4 Å². The van der Waals surface area contributed by atoms with Crippen LogP contribution in [0.5, 0.6) is 0 Å². The molecule has 2 N–H and O–H groups in total. The molecule has 2 atom stereocenters. The third kappa shape index (κ3) is 2.30. The van der Waals surface area contributed by atoms with Gasteiger partial charge in [0.1, 0.15) is 5.58 Å². The summed E-state index contributed by atoms with van der Waals surface area (Å²) in [6, 6.07) is 5.87. The lowest BCUT2D eigenvalue weighted by atomic mass is 10.1. The van der Waals surface area contributed by atoms with E-state index >= 15 is 0 Å². The highest BCUT2D eigenvalue weighted by Gasteiger charge is 2.32. The van der Waals surface area contributed by atoms with Gasteiger partial charge in [0.15, 0.2) is 0 Å². The molecule has 2 unspecified atom stereocenters. The van der Waals surface area contributed by atoms with E-state index in [1.165, 1.54) is 4.90 Å². The number of fused-ring (bicyclic) bond motifs is 1. The summed E-state index contributed by atoms with van der Waals surface area (Å²) in [6.07, 6.45) is 0.130. The number of rotatable bonds is 2. The topological polar surface area (TPSA) is 73.9 Å². The largest absolute Gasteiger partial charge is 0.464 e. The van der Waals surface area contributed by atoms with Crippen LogP contribution in [0.3, 0.4) is 0 Å². The van der Waals surface area contributed by atoms with Gasteiger partial charge in [-0.2, -0.15) is 0 Å². The third-order valence-electron chi connectivity index (χ3n) is 3.76. The lowest BCUT2D eigenvalue weighted by Crippen LogP contribution is -2.31. The predicted octanol–water partition coefficient (Wildman–Crippen LogP) is 0.848. The number of benzene rings is 1.